The number of nitrogens with zero attached hydrogens (tertiary/aromatic N) is 3. The molecule has 0 spiro atoms. The maximum absolute atomic E-state index is 12.5. The molecule has 2 aliphatic rings. The number of benzene rings is 1. The molecule has 3 aromatic rings. The molecule has 2 aromatic heterocycles. The van der Waals surface area contributed by atoms with Gasteiger partial charge < -0.3 is 5.32 Å². The number of hydrogen-bond donors (Lipinski definition) is 2. The predicted molar refractivity (Wildman–Crippen MR) is 98.0 cm³/mol. The molecule has 136 valence electrons. The van der Waals surface area contributed by atoms with Crippen LogP contribution in [0.4, 0.5) is 5.82 Å². The topological polar surface area (TPSA) is 91.6 Å². The van der Waals surface area contributed by atoms with E-state index in [1.54, 1.807) is 12.1 Å². The highest BCUT2D eigenvalue weighted by Crippen LogP contribution is 2.66. The van der Waals surface area contributed by atoms with Gasteiger partial charge in [-0.15, -0.1) is 0 Å². The van der Waals surface area contributed by atoms with E-state index >= 15 is 0 Å². The van der Waals surface area contributed by atoms with E-state index in [-0.39, 0.29) is 17.4 Å². The van der Waals surface area contributed by atoms with Crippen LogP contribution in [0.3, 0.4) is 0 Å². The molecule has 0 unspecified atom stereocenters. The molecule has 2 aliphatic carbocycles. The number of fused-ring (bicyclic) bond motifs is 2. The van der Waals surface area contributed by atoms with Gasteiger partial charge >= 0.3 is 5.65 Å². The fourth-order valence-electron chi connectivity index (χ4n) is 4.61. The molecule has 1 amide bonds. The maximum Gasteiger partial charge on any atom is 0.307 e. The van der Waals surface area contributed by atoms with Crippen molar-refractivity contribution >= 4 is 28.7 Å². The Bertz CT molecular complexity index is 1060. The van der Waals surface area contributed by atoms with Crippen LogP contribution < -0.4 is 9.88 Å². The zero-order valence-corrected chi connectivity index (χ0v) is 15.0. The smallest absolute Gasteiger partial charge is 0.303 e. The van der Waals surface area contributed by atoms with E-state index < -0.39 is 0 Å². The van der Waals surface area contributed by atoms with Crippen molar-refractivity contribution in [3.05, 3.63) is 48.5 Å². The highest BCUT2D eigenvalue weighted by atomic mass is 16.1. The van der Waals surface area contributed by atoms with Crippen LogP contribution in [0, 0.1) is 11.3 Å². The summed E-state index contributed by atoms with van der Waals surface area (Å²) in [7, 11) is 0. The lowest BCUT2D eigenvalue weighted by Crippen LogP contribution is -2.39. The number of carbonyl (C=O) groups excluding carboxylic acids is 2. The van der Waals surface area contributed by atoms with E-state index in [0.717, 1.165) is 12.8 Å². The van der Waals surface area contributed by atoms with Gasteiger partial charge in [-0.2, -0.15) is 4.98 Å². The number of aromatic nitrogens is 4. The van der Waals surface area contributed by atoms with Crippen LogP contribution in [0.5, 0.6) is 0 Å². The number of nitrogens with one attached hydrogen (secondary N) is 2. The van der Waals surface area contributed by atoms with Gasteiger partial charge in [0.25, 0.3) is 5.91 Å². The molecule has 7 heteroatoms. The molecule has 0 saturated heterocycles. The fourth-order valence-corrected chi connectivity index (χ4v) is 4.61. The third-order valence-corrected chi connectivity index (χ3v) is 6.22. The number of Topliss-reactive ketones (excluding diaryl/α,β-unsaturated/α-hetero) is 1. The van der Waals surface area contributed by atoms with Gasteiger partial charge in [0.05, 0.1) is 6.04 Å². The lowest BCUT2D eigenvalue weighted by atomic mass is 10.00. The van der Waals surface area contributed by atoms with Gasteiger partial charge in [0, 0.05) is 23.3 Å². The summed E-state index contributed by atoms with van der Waals surface area (Å²) in [6, 6.07) is 9.14. The zero-order chi connectivity index (χ0) is 18.6. The van der Waals surface area contributed by atoms with Crippen LogP contribution in [0.2, 0.25) is 0 Å². The van der Waals surface area contributed by atoms with E-state index in [2.05, 4.69) is 27.2 Å². The zero-order valence-electron chi connectivity index (χ0n) is 15.0. The molecule has 2 heterocycles. The first-order chi connectivity index (χ1) is 13.1. The van der Waals surface area contributed by atoms with Crippen LogP contribution in [0.15, 0.2) is 43.0 Å². The minimum absolute atomic E-state index is 0.112. The Kier molecular flexibility index (Phi) is 3.40. The number of imidazole rings is 1. The molecule has 0 bridgehead atoms. The van der Waals surface area contributed by atoms with E-state index in [9.17, 15) is 9.59 Å². The predicted octanol–water partition coefficient (Wildman–Crippen LogP) is 2.43. The highest BCUT2D eigenvalue weighted by molar-refractivity contribution is 6.06. The van der Waals surface area contributed by atoms with Crippen LogP contribution in [-0.4, -0.2) is 26.6 Å². The van der Waals surface area contributed by atoms with Crippen LogP contribution in [0.1, 0.15) is 42.6 Å². The second kappa shape index (κ2) is 5.70. The molecule has 0 radical (unpaired) electrons. The van der Waals surface area contributed by atoms with Crippen LogP contribution >= 0.6 is 0 Å². The summed E-state index contributed by atoms with van der Waals surface area (Å²) < 4.78 is 2.04. The monoisotopic (exact) mass is 362 g/mol. The van der Waals surface area contributed by atoms with Gasteiger partial charge in [0.15, 0.2) is 18.5 Å². The lowest BCUT2D eigenvalue weighted by molar-refractivity contribution is -0.702. The second-order valence-corrected chi connectivity index (χ2v) is 7.44. The molecule has 27 heavy (non-hydrogen) atoms. The number of aromatic amines is 1. The number of anilines is 1. The van der Waals surface area contributed by atoms with Gasteiger partial charge in [0.1, 0.15) is 5.78 Å². The summed E-state index contributed by atoms with van der Waals surface area (Å²) in [6.45, 7) is 2.10. The third kappa shape index (κ3) is 2.31. The number of carbonyl (C=O) groups is 2. The minimum Gasteiger partial charge on any atom is -0.303 e. The standard InChI is InChI=1S/C20H19N5O2/c1-2-20-9-13(20)14(8-15(20)26)25-11-23-16-17(21-10-22-18(16)25)24-19(27)12-6-4-3-5-7-12/h3-7,10-11,13-14H,2,8-9H2,1H3,(H,21,22,24,27)/p+1/t13-,14+,20-/m1/s1. The van der Waals surface area contributed by atoms with Crippen molar-refractivity contribution in [2.75, 3.05) is 5.32 Å². The largest absolute Gasteiger partial charge is 0.307 e. The van der Waals surface area contributed by atoms with Gasteiger partial charge in [-0.3, -0.25) is 14.6 Å². The summed E-state index contributed by atoms with van der Waals surface area (Å²) in [5.41, 5.74) is 1.84. The summed E-state index contributed by atoms with van der Waals surface area (Å²) in [5.74, 6) is 0.972. The van der Waals surface area contributed by atoms with Crippen molar-refractivity contribution < 1.29 is 14.2 Å². The lowest BCUT2D eigenvalue weighted by Gasteiger charge is -2.08. The summed E-state index contributed by atoms with van der Waals surface area (Å²) >= 11 is 0. The average Bonchev–Trinajstić information content (AvgIpc) is 3.19. The Morgan fingerprint density at radius 1 is 1.33 bits per heavy atom. The highest BCUT2D eigenvalue weighted by Gasteiger charge is 2.67. The molecular formula is C20H20N5O2+. The Hall–Kier alpha value is -3.09. The quantitative estimate of drug-likeness (QED) is 0.697. The molecule has 1 aromatic carbocycles. The Morgan fingerprint density at radius 3 is 2.85 bits per heavy atom. The first kappa shape index (κ1) is 16.1. The second-order valence-electron chi connectivity index (χ2n) is 7.44. The molecule has 0 aliphatic heterocycles. The van der Waals surface area contributed by atoms with Crippen molar-refractivity contribution in [2.45, 2.75) is 32.2 Å². The molecule has 5 rings (SSSR count). The normalized spacial score (nSPS) is 26.2. The Morgan fingerprint density at radius 2 is 2.15 bits per heavy atom. The van der Waals surface area contributed by atoms with Crippen LogP contribution in [0.25, 0.3) is 11.2 Å². The first-order valence-corrected chi connectivity index (χ1v) is 9.27. The molecular weight excluding hydrogens is 342 g/mol. The van der Waals surface area contributed by atoms with Gasteiger partial charge in [-0.05, 0) is 25.0 Å². The molecule has 3 atom stereocenters. The Balaban J connectivity index is 1.48. The van der Waals surface area contributed by atoms with Crippen molar-refractivity contribution in [3.63, 3.8) is 0 Å². The van der Waals surface area contributed by atoms with Gasteiger partial charge in [-0.25, -0.2) is 4.57 Å². The number of hydrogen-bond acceptors (Lipinski definition) is 4. The van der Waals surface area contributed by atoms with Gasteiger partial charge in [-0.1, -0.05) is 30.1 Å². The van der Waals surface area contributed by atoms with Gasteiger partial charge in [0.2, 0.25) is 5.52 Å². The van der Waals surface area contributed by atoms with E-state index in [1.165, 1.54) is 6.33 Å². The number of H-pyrrole nitrogens is 1. The van der Waals surface area contributed by atoms with E-state index in [1.807, 2.05) is 29.1 Å². The van der Waals surface area contributed by atoms with Crippen molar-refractivity contribution in [1.82, 2.24) is 15.0 Å². The molecule has 2 N–H and O–H groups in total. The number of ketones is 1. The number of amides is 1. The van der Waals surface area contributed by atoms with Crippen molar-refractivity contribution in [1.29, 1.82) is 0 Å². The first-order valence-electron chi connectivity index (χ1n) is 9.27. The third-order valence-electron chi connectivity index (χ3n) is 6.22. The maximum atomic E-state index is 12.5. The Labute approximate surface area is 155 Å². The van der Waals surface area contributed by atoms with Crippen LogP contribution in [-0.2, 0) is 4.79 Å². The molecule has 2 fully saturated rings. The SMILES string of the molecule is CC[C@@]12C[C@@H]1[C@@H]([n+]1c[nH]c3c(NC(=O)c4ccccc4)ncnc31)CC2=O. The summed E-state index contributed by atoms with van der Waals surface area (Å²) in [4.78, 5) is 36.8. The summed E-state index contributed by atoms with van der Waals surface area (Å²) in [5, 5.41) is 2.85. The van der Waals surface area contributed by atoms with E-state index in [4.69, 9.17) is 0 Å². The van der Waals surface area contributed by atoms with Crippen molar-refractivity contribution in [2.24, 2.45) is 11.3 Å². The fraction of sp³-hybridized carbons (Fsp3) is 0.350. The van der Waals surface area contributed by atoms with Crippen molar-refractivity contribution in [3.8, 4) is 0 Å². The average molecular weight is 362 g/mol. The van der Waals surface area contributed by atoms with E-state index in [0.29, 0.717) is 40.7 Å². The summed E-state index contributed by atoms with van der Waals surface area (Å²) in [6.07, 6.45) is 5.72. The molecule has 7 nitrogen and oxygen atoms in total. The number of rotatable bonds is 4. The minimum atomic E-state index is -0.222. The molecule has 2 saturated carbocycles.